The summed E-state index contributed by atoms with van der Waals surface area (Å²) in [5, 5.41) is 4.71. The molecular weight excluding hydrogens is 548 g/mol. The second kappa shape index (κ2) is 12.5. The van der Waals surface area contributed by atoms with Gasteiger partial charge in [-0.3, -0.25) is 9.59 Å². The van der Waals surface area contributed by atoms with Gasteiger partial charge in [0.25, 0.3) is 11.8 Å². The van der Waals surface area contributed by atoms with E-state index in [1.165, 1.54) is 61.0 Å². The van der Waals surface area contributed by atoms with Gasteiger partial charge in [-0.05, 0) is 86.9 Å². The van der Waals surface area contributed by atoms with Crippen LogP contribution < -0.4 is 15.8 Å². The van der Waals surface area contributed by atoms with Crippen molar-refractivity contribution in [3.63, 3.8) is 0 Å². The molecular formula is C30H33ClN4O4S. The zero-order valence-electron chi connectivity index (χ0n) is 22.2. The molecule has 0 atom stereocenters. The smallest absolute Gasteiger partial charge is 0.274 e. The fourth-order valence-electron chi connectivity index (χ4n) is 5.23. The molecule has 2 aliphatic rings. The number of benzene rings is 3. The summed E-state index contributed by atoms with van der Waals surface area (Å²) in [5.74, 6) is -0.852. The molecule has 1 fully saturated rings. The molecule has 8 nitrogen and oxygen atoms in total. The lowest BCUT2D eigenvalue weighted by atomic mass is 10.1. The van der Waals surface area contributed by atoms with Crippen molar-refractivity contribution < 1.29 is 18.0 Å². The van der Waals surface area contributed by atoms with Crippen LogP contribution in [0.25, 0.3) is 0 Å². The van der Waals surface area contributed by atoms with Gasteiger partial charge in [0.15, 0.2) is 0 Å². The van der Waals surface area contributed by atoms with Crippen molar-refractivity contribution in [2.24, 2.45) is 0 Å². The van der Waals surface area contributed by atoms with E-state index in [4.69, 9.17) is 11.6 Å². The van der Waals surface area contributed by atoms with E-state index in [1.807, 2.05) is 6.07 Å². The Morgan fingerprint density at radius 1 is 0.900 bits per heavy atom. The number of carbonyl (C=O) groups is 2. The van der Waals surface area contributed by atoms with E-state index in [2.05, 4.69) is 15.6 Å². The third-order valence-corrected chi connectivity index (χ3v) is 9.42. The largest absolute Gasteiger partial charge is 0.352 e. The molecule has 2 heterocycles. The van der Waals surface area contributed by atoms with Crippen LogP contribution in [0.4, 0.5) is 5.69 Å². The number of rotatable bonds is 8. The number of hydrazine groups is 1. The average molecular weight is 581 g/mol. The van der Waals surface area contributed by atoms with E-state index in [-0.39, 0.29) is 39.1 Å². The lowest BCUT2D eigenvalue weighted by molar-refractivity contribution is 0.0946. The summed E-state index contributed by atoms with van der Waals surface area (Å²) in [4.78, 5) is 29.1. The molecule has 0 aliphatic carbocycles. The van der Waals surface area contributed by atoms with Gasteiger partial charge in [0, 0.05) is 23.7 Å². The van der Waals surface area contributed by atoms with Gasteiger partial charge in [-0.1, -0.05) is 48.7 Å². The summed E-state index contributed by atoms with van der Waals surface area (Å²) >= 11 is 6.13. The van der Waals surface area contributed by atoms with Gasteiger partial charge in [0.05, 0.1) is 21.0 Å². The summed E-state index contributed by atoms with van der Waals surface area (Å²) in [7, 11) is -4.03. The van der Waals surface area contributed by atoms with E-state index in [1.54, 1.807) is 30.3 Å². The molecule has 0 spiro atoms. The first-order valence-electron chi connectivity index (χ1n) is 13.7. The number of carbonyl (C=O) groups excluding carboxylic acids is 2. The first-order valence-corrected chi connectivity index (χ1v) is 15.5. The Labute approximate surface area is 240 Å². The summed E-state index contributed by atoms with van der Waals surface area (Å²) in [5.41, 5.74) is 4.30. The third-order valence-electron chi connectivity index (χ3n) is 7.33. The second-order valence-corrected chi connectivity index (χ2v) is 12.5. The number of hydrogen-bond donors (Lipinski definition) is 2. The van der Waals surface area contributed by atoms with Crippen molar-refractivity contribution in [2.75, 3.05) is 31.2 Å². The molecule has 3 aromatic rings. The maximum atomic E-state index is 13.7. The number of sulfone groups is 1. The molecule has 40 heavy (non-hydrogen) atoms. The Morgan fingerprint density at radius 2 is 1.68 bits per heavy atom. The second-order valence-electron chi connectivity index (χ2n) is 10.2. The van der Waals surface area contributed by atoms with Crippen LogP contribution in [0.15, 0.2) is 76.5 Å². The van der Waals surface area contributed by atoms with Crippen LogP contribution in [0.1, 0.15) is 58.4 Å². The van der Waals surface area contributed by atoms with Crippen molar-refractivity contribution in [2.45, 2.75) is 48.4 Å². The molecule has 2 N–H and O–H groups in total. The highest BCUT2D eigenvalue weighted by molar-refractivity contribution is 7.91. The number of fused-ring (bicyclic) bond motifs is 2. The van der Waals surface area contributed by atoms with Gasteiger partial charge in [0.2, 0.25) is 9.84 Å². The molecule has 5 rings (SSSR count). The number of nitrogens with one attached hydrogen (secondary N) is 2. The molecule has 2 amide bonds. The number of anilines is 1. The van der Waals surface area contributed by atoms with Crippen molar-refractivity contribution >= 4 is 38.9 Å². The third kappa shape index (κ3) is 6.23. The average Bonchev–Trinajstić information content (AvgIpc) is 3.26. The number of halogens is 1. The first-order chi connectivity index (χ1) is 19.3. The monoisotopic (exact) mass is 580 g/mol. The summed E-state index contributed by atoms with van der Waals surface area (Å²) in [6.45, 7) is 3.84. The highest BCUT2D eigenvalue weighted by Crippen LogP contribution is 2.36. The minimum Gasteiger partial charge on any atom is -0.352 e. The molecule has 0 unspecified atom stereocenters. The standard InChI is InChI=1S/C30H33ClN4O4S/c31-24-10-7-9-22(19-24)21-33-35-26-20-23(29(36)32-15-8-18-34-16-5-1-2-6-17-34)13-14-28(26)40(38,39)27-12-4-3-11-25(27)30(35)37/h3-4,7,9-14,19-20,33H,1-2,5-6,8,15-18,21H2,(H,32,36). The van der Waals surface area contributed by atoms with E-state index in [9.17, 15) is 18.0 Å². The van der Waals surface area contributed by atoms with Crippen LogP contribution in [0.5, 0.6) is 0 Å². The number of nitrogens with zero attached hydrogens (tertiary/aromatic N) is 2. The van der Waals surface area contributed by atoms with Crippen LogP contribution >= 0.6 is 11.6 Å². The Balaban J connectivity index is 1.39. The zero-order chi connectivity index (χ0) is 28.1. The minimum atomic E-state index is -4.03. The molecule has 0 radical (unpaired) electrons. The van der Waals surface area contributed by atoms with Crippen molar-refractivity contribution in [3.8, 4) is 0 Å². The highest BCUT2D eigenvalue weighted by atomic mass is 35.5. The van der Waals surface area contributed by atoms with Crippen molar-refractivity contribution in [1.29, 1.82) is 0 Å². The molecule has 10 heteroatoms. The Bertz CT molecular complexity index is 1500. The number of likely N-dealkylation sites (tertiary alicyclic amines) is 1. The Morgan fingerprint density at radius 3 is 2.45 bits per heavy atom. The molecule has 0 aromatic heterocycles. The predicted octanol–water partition coefficient (Wildman–Crippen LogP) is 4.83. The van der Waals surface area contributed by atoms with Crippen LogP contribution in [0.3, 0.4) is 0 Å². The zero-order valence-corrected chi connectivity index (χ0v) is 23.8. The van der Waals surface area contributed by atoms with E-state index >= 15 is 0 Å². The van der Waals surface area contributed by atoms with Crippen LogP contribution in [-0.4, -0.2) is 51.3 Å². The SMILES string of the molecule is O=C(NCCCN1CCCCCC1)c1ccc2c(c1)N(NCc1cccc(Cl)c1)C(=O)c1ccccc1S2(=O)=O. The van der Waals surface area contributed by atoms with Gasteiger partial charge in [0.1, 0.15) is 0 Å². The Hall–Kier alpha value is -3.24. The summed E-state index contributed by atoms with van der Waals surface area (Å²) in [6, 6.07) is 17.7. The van der Waals surface area contributed by atoms with Gasteiger partial charge in [-0.15, -0.1) is 0 Å². The minimum absolute atomic E-state index is 0.0526. The molecule has 0 saturated carbocycles. The van der Waals surface area contributed by atoms with Gasteiger partial charge in [-0.25, -0.2) is 18.9 Å². The molecule has 2 aliphatic heterocycles. The molecule has 1 saturated heterocycles. The lowest BCUT2D eigenvalue weighted by Gasteiger charge is -2.24. The maximum Gasteiger partial charge on any atom is 0.274 e. The van der Waals surface area contributed by atoms with Crippen LogP contribution in [0.2, 0.25) is 5.02 Å². The predicted molar refractivity (Wildman–Crippen MR) is 155 cm³/mol. The molecule has 210 valence electrons. The van der Waals surface area contributed by atoms with E-state index in [0.29, 0.717) is 11.6 Å². The van der Waals surface area contributed by atoms with Gasteiger partial charge < -0.3 is 10.2 Å². The Kier molecular flexibility index (Phi) is 8.85. The fourth-order valence-corrected chi connectivity index (χ4v) is 7.05. The van der Waals surface area contributed by atoms with E-state index < -0.39 is 15.7 Å². The van der Waals surface area contributed by atoms with Crippen LogP contribution in [0, 0.1) is 0 Å². The van der Waals surface area contributed by atoms with Crippen LogP contribution in [-0.2, 0) is 16.4 Å². The first kappa shape index (κ1) is 28.3. The normalized spacial score (nSPS) is 16.9. The number of hydrogen-bond acceptors (Lipinski definition) is 6. The summed E-state index contributed by atoms with van der Waals surface area (Å²) in [6.07, 6.45) is 5.81. The molecule has 0 bridgehead atoms. The maximum absolute atomic E-state index is 13.7. The fraction of sp³-hybridized carbons (Fsp3) is 0.333. The summed E-state index contributed by atoms with van der Waals surface area (Å²) < 4.78 is 27.3. The quantitative estimate of drug-likeness (QED) is 0.370. The topological polar surface area (TPSA) is 98.8 Å². The molecule has 3 aromatic carbocycles. The van der Waals surface area contributed by atoms with Gasteiger partial charge >= 0.3 is 0 Å². The highest BCUT2D eigenvalue weighted by Gasteiger charge is 2.36. The van der Waals surface area contributed by atoms with E-state index in [0.717, 1.165) is 31.6 Å². The van der Waals surface area contributed by atoms with Crippen molar-refractivity contribution in [3.05, 3.63) is 88.4 Å². The number of amides is 2. The lowest BCUT2D eigenvalue weighted by Crippen LogP contribution is -2.43. The van der Waals surface area contributed by atoms with Gasteiger partial charge in [-0.2, -0.15) is 0 Å². The van der Waals surface area contributed by atoms with Crippen molar-refractivity contribution in [1.82, 2.24) is 15.6 Å².